The number of halogens is 1. The van der Waals surface area contributed by atoms with E-state index < -0.39 is 9.05 Å². The van der Waals surface area contributed by atoms with Crippen LogP contribution in [0.25, 0.3) is 0 Å². The van der Waals surface area contributed by atoms with E-state index in [2.05, 4.69) is 0 Å². The van der Waals surface area contributed by atoms with E-state index in [1.54, 1.807) is 19.1 Å². The SMILES string of the molecule is Cc1cccc(C(C)C)c1S(=O)(=O)Cl. The number of hydrogen-bond acceptors (Lipinski definition) is 2. The van der Waals surface area contributed by atoms with Crippen LogP contribution in [0.15, 0.2) is 23.1 Å². The minimum Gasteiger partial charge on any atom is -0.207 e. The van der Waals surface area contributed by atoms with Crippen molar-refractivity contribution in [1.29, 1.82) is 0 Å². The smallest absolute Gasteiger partial charge is 0.207 e. The normalized spacial score (nSPS) is 12.1. The highest BCUT2D eigenvalue weighted by Crippen LogP contribution is 2.28. The van der Waals surface area contributed by atoms with Crippen molar-refractivity contribution in [2.24, 2.45) is 0 Å². The van der Waals surface area contributed by atoms with E-state index in [0.29, 0.717) is 5.56 Å². The summed E-state index contributed by atoms with van der Waals surface area (Å²) in [5, 5.41) is 0. The summed E-state index contributed by atoms with van der Waals surface area (Å²) in [4.78, 5) is 0.261. The second kappa shape index (κ2) is 3.91. The van der Waals surface area contributed by atoms with E-state index in [4.69, 9.17) is 10.7 Å². The Bertz CT molecular complexity index is 435. The average Bonchev–Trinajstić information content (AvgIpc) is 2.01. The Hall–Kier alpha value is -0.540. The minimum absolute atomic E-state index is 0.151. The molecule has 1 aromatic carbocycles. The quantitative estimate of drug-likeness (QED) is 0.735. The van der Waals surface area contributed by atoms with E-state index in [1.807, 2.05) is 19.9 Å². The lowest BCUT2D eigenvalue weighted by molar-refractivity contribution is 0.606. The molecular formula is C10H13ClO2S. The Morgan fingerprint density at radius 1 is 1.29 bits per heavy atom. The summed E-state index contributed by atoms with van der Waals surface area (Å²) < 4.78 is 22.7. The summed E-state index contributed by atoms with van der Waals surface area (Å²) in [5.41, 5.74) is 1.48. The maximum atomic E-state index is 11.3. The van der Waals surface area contributed by atoms with Crippen molar-refractivity contribution in [2.75, 3.05) is 0 Å². The van der Waals surface area contributed by atoms with Gasteiger partial charge in [0.15, 0.2) is 0 Å². The van der Waals surface area contributed by atoms with Gasteiger partial charge in [-0.1, -0.05) is 32.0 Å². The van der Waals surface area contributed by atoms with Crippen LogP contribution in [0.4, 0.5) is 0 Å². The van der Waals surface area contributed by atoms with Gasteiger partial charge in [-0.25, -0.2) is 8.42 Å². The van der Waals surface area contributed by atoms with Gasteiger partial charge in [0.25, 0.3) is 9.05 Å². The zero-order valence-corrected chi connectivity index (χ0v) is 9.98. The molecule has 4 heteroatoms. The Kier molecular flexibility index (Phi) is 3.22. The van der Waals surface area contributed by atoms with Gasteiger partial charge in [-0.05, 0) is 24.0 Å². The third-order valence-electron chi connectivity index (χ3n) is 2.11. The minimum atomic E-state index is -3.64. The average molecular weight is 233 g/mol. The van der Waals surface area contributed by atoms with Crippen molar-refractivity contribution in [3.8, 4) is 0 Å². The van der Waals surface area contributed by atoms with Crippen LogP contribution in [0.1, 0.15) is 30.9 Å². The summed E-state index contributed by atoms with van der Waals surface area (Å²) in [6.45, 7) is 5.64. The van der Waals surface area contributed by atoms with Crippen molar-refractivity contribution in [2.45, 2.75) is 31.6 Å². The van der Waals surface area contributed by atoms with Gasteiger partial charge in [-0.2, -0.15) is 0 Å². The fourth-order valence-electron chi connectivity index (χ4n) is 1.46. The lowest BCUT2D eigenvalue weighted by Gasteiger charge is -2.12. The van der Waals surface area contributed by atoms with E-state index in [0.717, 1.165) is 5.56 Å². The highest BCUT2D eigenvalue weighted by atomic mass is 35.7. The Morgan fingerprint density at radius 3 is 2.21 bits per heavy atom. The van der Waals surface area contributed by atoms with E-state index in [1.165, 1.54) is 0 Å². The molecule has 0 aliphatic carbocycles. The van der Waals surface area contributed by atoms with Crippen LogP contribution < -0.4 is 0 Å². The van der Waals surface area contributed by atoms with Gasteiger partial charge in [-0.15, -0.1) is 0 Å². The van der Waals surface area contributed by atoms with Crippen LogP contribution in [0.3, 0.4) is 0 Å². The molecule has 0 aliphatic heterocycles. The van der Waals surface area contributed by atoms with Crippen molar-refractivity contribution >= 4 is 19.7 Å². The molecular weight excluding hydrogens is 220 g/mol. The molecule has 0 bridgehead atoms. The predicted octanol–water partition coefficient (Wildman–Crippen LogP) is 3.05. The highest BCUT2D eigenvalue weighted by molar-refractivity contribution is 8.13. The highest BCUT2D eigenvalue weighted by Gasteiger charge is 2.19. The monoisotopic (exact) mass is 232 g/mol. The zero-order valence-electron chi connectivity index (χ0n) is 8.41. The molecule has 0 atom stereocenters. The van der Waals surface area contributed by atoms with E-state index in [9.17, 15) is 8.42 Å². The first kappa shape index (κ1) is 11.5. The second-order valence-electron chi connectivity index (χ2n) is 3.59. The molecule has 0 radical (unpaired) electrons. The molecule has 78 valence electrons. The summed E-state index contributed by atoms with van der Waals surface area (Å²) >= 11 is 0. The third kappa shape index (κ3) is 2.28. The standard InChI is InChI=1S/C10H13ClO2S/c1-7(2)9-6-4-5-8(3)10(9)14(11,12)13/h4-7H,1-3H3. The molecule has 0 fully saturated rings. The molecule has 1 aromatic rings. The fraction of sp³-hybridized carbons (Fsp3) is 0.400. The van der Waals surface area contributed by atoms with Crippen molar-refractivity contribution < 1.29 is 8.42 Å². The van der Waals surface area contributed by atoms with Gasteiger partial charge >= 0.3 is 0 Å². The molecule has 0 N–H and O–H groups in total. The van der Waals surface area contributed by atoms with Gasteiger partial charge in [0.1, 0.15) is 0 Å². The number of benzene rings is 1. The van der Waals surface area contributed by atoms with Crippen molar-refractivity contribution in [3.05, 3.63) is 29.3 Å². The number of hydrogen-bond donors (Lipinski definition) is 0. The summed E-state index contributed by atoms with van der Waals surface area (Å²) in [7, 11) is 1.75. The van der Waals surface area contributed by atoms with Crippen molar-refractivity contribution in [1.82, 2.24) is 0 Å². The van der Waals surface area contributed by atoms with Gasteiger partial charge in [0.2, 0.25) is 0 Å². The molecule has 0 unspecified atom stereocenters. The first-order valence-electron chi connectivity index (χ1n) is 4.38. The number of aryl methyl sites for hydroxylation is 1. The largest absolute Gasteiger partial charge is 0.261 e. The van der Waals surface area contributed by atoms with E-state index >= 15 is 0 Å². The summed E-state index contributed by atoms with van der Waals surface area (Å²) in [6, 6.07) is 5.39. The molecule has 0 aliphatic rings. The third-order valence-corrected chi connectivity index (χ3v) is 3.62. The summed E-state index contributed by atoms with van der Waals surface area (Å²) in [6.07, 6.45) is 0. The van der Waals surface area contributed by atoms with E-state index in [-0.39, 0.29) is 10.8 Å². The molecule has 0 spiro atoms. The fourth-order valence-corrected chi connectivity index (χ4v) is 3.13. The molecule has 0 aromatic heterocycles. The Balaban J connectivity index is 3.54. The molecule has 0 amide bonds. The van der Waals surface area contributed by atoms with Crippen LogP contribution in [0.5, 0.6) is 0 Å². The van der Waals surface area contributed by atoms with Crippen LogP contribution in [0.2, 0.25) is 0 Å². The molecule has 2 nitrogen and oxygen atoms in total. The molecule has 1 rings (SSSR count). The molecule has 0 heterocycles. The van der Waals surface area contributed by atoms with Crippen LogP contribution in [0, 0.1) is 6.92 Å². The predicted molar refractivity (Wildman–Crippen MR) is 58.3 cm³/mol. The lowest BCUT2D eigenvalue weighted by Crippen LogP contribution is -2.02. The van der Waals surface area contributed by atoms with Gasteiger partial charge in [0.05, 0.1) is 4.90 Å². The molecule has 0 saturated carbocycles. The lowest BCUT2D eigenvalue weighted by atomic mass is 10.0. The van der Waals surface area contributed by atoms with Gasteiger partial charge in [-0.3, -0.25) is 0 Å². The Morgan fingerprint density at radius 2 is 1.86 bits per heavy atom. The number of rotatable bonds is 2. The van der Waals surface area contributed by atoms with Crippen LogP contribution in [-0.2, 0) is 9.05 Å². The van der Waals surface area contributed by atoms with Gasteiger partial charge < -0.3 is 0 Å². The van der Waals surface area contributed by atoms with Crippen LogP contribution in [-0.4, -0.2) is 8.42 Å². The molecule has 14 heavy (non-hydrogen) atoms. The summed E-state index contributed by atoms with van der Waals surface area (Å²) in [5.74, 6) is 0.151. The van der Waals surface area contributed by atoms with Crippen LogP contribution >= 0.6 is 10.7 Å². The zero-order chi connectivity index (χ0) is 10.9. The maximum Gasteiger partial charge on any atom is 0.261 e. The van der Waals surface area contributed by atoms with Crippen molar-refractivity contribution in [3.63, 3.8) is 0 Å². The Labute approximate surface area is 89.3 Å². The topological polar surface area (TPSA) is 34.1 Å². The first-order chi connectivity index (χ1) is 6.34. The second-order valence-corrected chi connectivity index (χ2v) is 6.09. The molecule has 0 saturated heterocycles. The first-order valence-corrected chi connectivity index (χ1v) is 6.69. The maximum absolute atomic E-state index is 11.3. The van der Waals surface area contributed by atoms with Gasteiger partial charge in [0, 0.05) is 10.7 Å².